The first-order valence-electron chi connectivity index (χ1n) is 6.08. The van der Waals surface area contributed by atoms with Crippen molar-refractivity contribution in [1.82, 2.24) is 15.4 Å². The minimum Gasteiger partial charge on any atom is -0.505 e. The van der Waals surface area contributed by atoms with Crippen molar-refractivity contribution in [2.45, 2.75) is 0 Å². The number of nitrogens with one attached hydrogen (secondary N) is 1. The zero-order valence-electron chi connectivity index (χ0n) is 10.9. The summed E-state index contributed by atoms with van der Waals surface area (Å²) in [6.07, 6.45) is 1.45. The number of anilines is 1. The number of hydrogen-bond acceptors (Lipinski definition) is 6. The maximum atomic E-state index is 10.3. The number of fused-ring (bicyclic) bond motifs is 1. The van der Waals surface area contributed by atoms with Crippen LogP contribution in [0.1, 0.15) is 0 Å². The summed E-state index contributed by atoms with van der Waals surface area (Å²) in [5, 5.41) is 30.1. The van der Waals surface area contributed by atoms with E-state index in [0.29, 0.717) is 21.6 Å². The number of phenolic OH excluding ortho intramolecular Hbond substituents is 1. The van der Waals surface area contributed by atoms with E-state index in [9.17, 15) is 5.11 Å². The van der Waals surface area contributed by atoms with Gasteiger partial charge in [0.2, 0.25) is 0 Å². The normalized spacial score (nSPS) is 11.2. The van der Waals surface area contributed by atoms with Crippen LogP contribution in [0.4, 0.5) is 11.5 Å². The van der Waals surface area contributed by atoms with Crippen molar-refractivity contribution in [3.05, 3.63) is 46.6 Å². The highest BCUT2D eigenvalue weighted by atomic mass is 35.5. The molecule has 2 N–H and O–H groups in total. The summed E-state index contributed by atoms with van der Waals surface area (Å²) in [5.74, 6) is 0.248. The second-order valence-electron chi connectivity index (χ2n) is 4.19. The van der Waals surface area contributed by atoms with Crippen LogP contribution in [0.2, 0.25) is 10.0 Å². The second-order valence-corrected chi connectivity index (χ2v) is 4.94. The van der Waals surface area contributed by atoms with Gasteiger partial charge in [-0.3, -0.25) is 0 Å². The summed E-state index contributed by atoms with van der Waals surface area (Å²) in [4.78, 5) is 0. The average molecular weight is 335 g/mol. The molecule has 0 saturated carbocycles. The highest BCUT2D eigenvalue weighted by molar-refractivity contribution is 6.47. The van der Waals surface area contributed by atoms with Crippen LogP contribution in [-0.4, -0.2) is 20.5 Å². The Morgan fingerprint density at radius 2 is 1.82 bits per heavy atom. The number of hydrogen-bond donors (Lipinski definition) is 2. The third-order valence-electron chi connectivity index (χ3n) is 2.86. The molecule has 0 radical (unpaired) electrons. The molecule has 0 amide bonds. The fourth-order valence-electron chi connectivity index (χ4n) is 1.85. The molecule has 0 saturated heterocycles. The first-order chi connectivity index (χ1) is 10.7. The lowest BCUT2D eigenvalue weighted by Gasteiger charge is -2.08. The molecule has 2 aromatic carbocycles. The molecule has 3 aromatic rings. The maximum Gasteiger partial charge on any atom is 0.173 e. The monoisotopic (exact) mass is 334 g/mol. The van der Waals surface area contributed by atoms with Gasteiger partial charge in [0.1, 0.15) is 5.69 Å². The lowest BCUT2D eigenvalue weighted by Crippen LogP contribution is -1.93. The van der Waals surface area contributed by atoms with Crippen LogP contribution in [0.5, 0.6) is 5.75 Å². The number of benzene rings is 2. The quantitative estimate of drug-likeness (QED) is 0.554. The van der Waals surface area contributed by atoms with Gasteiger partial charge in [-0.05, 0) is 5.21 Å². The smallest absolute Gasteiger partial charge is 0.173 e. The van der Waals surface area contributed by atoms with Gasteiger partial charge < -0.3 is 5.11 Å². The van der Waals surface area contributed by atoms with Crippen molar-refractivity contribution in [3.8, 4) is 5.75 Å². The van der Waals surface area contributed by atoms with Crippen LogP contribution < -0.4 is 5.43 Å². The van der Waals surface area contributed by atoms with E-state index in [0.717, 1.165) is 0 Å². The highest BCUT2D eigenvalue weighted by Gasteiger charge is 2.16. The maximum absolute atomic E-state index is 10.3. The molecular weight excluding hydrogens is 327 g/mol. The third kappa shape index (κ3) is 2.63. The van der Waals surface area contributed by atoms with E-state index >= 15 is 0 Å². The molecule has 9 heteroatoms. The van der Waals surface area contributed by atoms with E-state index < -0.39 is 0 Å². The number of nitrogens with zero attached hydrogens (tertiary/aromatic N) is 5. The molecule has 1 heterocycles. The van der Waals surface area contributed by atoms with Gasteiger partial charge in [-0.1, -0.05) is 52.7 Å². The van der Waals surface area contributed by atoms with E-state index in [4.69, 9.17) is 23.2 Å². The predicted octanol–water partition coefficient (Wildman–Crippen LogP) is 4.15. The van der Waals surface area contributed by atoms with Crippen molar-refractivity contribution in [1.29, 1.82) is 0 Å². The number of phenols is 1. The highest BCUT2D eigenvalue weighted by Crippen LogP contribution is 2.46. The zero-order chi connectivity index (χ0) is 15.5. The lowest BCUT2D eigenvalue weighted by molar-refractivity contribution is 0.482. The Morgan fingerprint density at radius 3 is 2.55 bits per heavy atom. The Bertz CT molecular complexity index is 856. The first kappa shape index (κ1) is 14.4. The molecule has 0 aliphatic heterocycles. The number of rotatable bonds is 3. The molecule has 0 aliphatic rings. The van der Waals surface area contributed by atoms with Gasteiger partial charge in [0.05, 0.1) is 16.2 Å². The van der Waals surface area contributed by atoms with E-state index in [1.54, 1.807) is 30.3 Å². The van der Waals surface area contributed by atoms with Crippen LogP contribution >= 0.6 is 23.2 Å². The van der Waals surface area contributed by atoms with Crippen molar-refractivity contribution < 1.29 is 5.11 Å². The minimum absolute atomic E-state index is 0.0693. The Labute approximate surface area is 134 Å². The van der Waals surface area contributed by atoms with Crippen LogP contribution in [0, 0.1) is 0 Å². The Balaban J connectivity index is 2.00. The molecular formula is C13H8Cl2N6O. The van der Waals surface area contributed by atoms with Crippen LogP contribution in [0.3, 0.4) is 0 Å². The third-order valence-corrected chi connectivity index (χ3v) is 3.72. The van der Waals surface area contributed by atoms with E-state index in [1.807, 2.05) is 0 Å². The molecule has 110 valence electrons. The van der Waals surface area contributed by atoms with Crippen molar-refractivity contribution in [2.24, 2.45) is 10.3 Å². The summed E-state index contributed by atoms with van der Waals surface area (Å²) in [7, 11) is 0. The van der Waals surface area contributed by atoms with Crippen molar-refractivity contribution >= 4 is 45.5 Å². The predicted molar refractivity (Wildman–Crippen MR) is 83.6 cm³/mol. The van der Waals surface area contributed by atoms with Gasteiger partial charge in [-0.25, -0.2) is 5.43 Å². The topological polar surface area (TPSA) is 95.7 Å². The molecule has 0 bridgehead atoms. The van der Waals surface area contributed by atoms with Crippen molar-refractivity contribution in [3.63, 3.8) is 0 Å². The summed E-state index contributed by atoms with van der Waals surface area (Å²) in [6.45, 7) is 0. The molecule has 0 spiro atoms. The molecule has 22 heavy (non-hydrogen) atoms. The van der Waals surface area contributed by atoms with Gasteiger partial charge in [-0.2, -0.15) is 0 Å². The Kier molecular flexibility index (Phi) is 3.99. The van der Waals surface area contributed by atoms with Crippen molar-refractivity contribution in [2.75, 3.05) is 5.43 Å². The second kappa shape index (κ2) is 6.08. The molecule has 0 atom stereocenters. The summed E-state index contributed by atoms with van der Waals surface area (Å²) < 4.78 is 0. The minimum atomic E-state index is -0.101. The van der Waals surface area contributed by atoms with Gasteiger partial charge >= 0.3 is 0 Å². The molecule has 7 nitrogen and oxygen atoms in total. The van der Waals surface area contributed by atoms with E-state index in [2.05, 4.69) is 31.2 Å². The number of aromatic nitrogens is 3. The number of aromatic hydroxyl groups is 1. The molecule has 3 rings (SSSR count). The van der Waals surface area contributed by atoms with Crippen LogP contribution in [0.15, 0.2) is 46.9 Å². The molecule has 1 aromatic heterocycles. The molecule has 0 unspecified atom stereocenters. The van der Waals surface area contributed by atoms with Gasteiger partial charge in [0, 0.05) is 16.8 Å². The Morgan fingerprint density at radius 1 is 1.05 bits per heavy atom. The summed E-state index contributed by atoms with van der Waals surface area (Å²) >= 11 is 12.4. The fraction of sp³-hybridized carbons (Fsp3) is 0. The number of halogens is 2. The summed E-state index contributed by atoms with van der Waals surface area (Å²) in [5.41, 5.74) is 2.62. The Hall–Kier alpha value is -2.51. The molecule has 0 fully saturated rings. The first-order valence-corrected chi connectivity index (χ1v) is 6.84. The zero-order valence-corrected chi connectivity index (χ0v) is 12.4. The average Bonchev–Trinajstić information content (AvgIpc) is 2.57. The lowest BCUT2D eigenvalue weighted by atomic mass is 10.1. The van der Waals surface area contributed by atoms with Crippen LogP contribution in [-0.2, 0) is 0 Å². The standard InChI is InChI=1S/C13H8Cl2N6O/c14-10-7-3-1-2-4-8(7)13(22)12(11(10)15)19-21-18-9-5-6-16-20-17-9/h1-6,22H,(H,16,17,18,19). The van der Waals surface area contributed by atoms with E-state index in [1.165, 1.54) is 6.20 Å². The van der Waals surface area contributed by atoms with Gasteiger partial charge in [0.15, 0.2) is 11.6 Å². The molecule has 0 aliphatic carbocycles. The van der Waals surface area contributed by atoms with Gasteiger partial charge in [-0.15, -0.1) is 15.3 Å². The fourth-order valence-corrected chi connectivity index (χ4v) is 2.34. The van der Waals surface area contributed by atoms with E-state index in [-0.39, 0.29) is 16.5 Å². The van der Waals surface area contributed by atoms with Gasteiger partial charge in [0.25, 0.3) is 0 Å². The van der Waals surface area contributed by atoms with Crippen LogP contribution in [0.25, 0.3) is 10.8 Å². The SMILES string of the molecule is Oc1c(N=NNc2ccnnn2)c(Cl)c(Cl)c2ccccc12. The largest absolute Gasteiger partial charge is 0.505 e. The summed E-state index contributed by atoms with van der Waals surface area (Å²) in [6, 6.07) is 8.61.